The van der Waals surface area contributed by atoms with Crippen molar-refractivity contribution in [2.75, 3.05) is 0 Å². The summed E-state index contributed by atoms with van der Waals surface area (Å²) in [6.07, 6.45) is 8.83. The Kier molecular flexibility index (Phi) is 7.75. The van der Waals surface area contributed by atoms with Crippen molar-refractivity contribution in [1.82, 2.24) is 0 Å². The molecule has 0 aromatic heterocycles. The van der Waals surface area contributed by atoms with Gasteiger partial charge in [-0.3, -0.25) is 9.59 Å². The Morgan fingerprint density at radius 1 is 0.867 bits per heavy atom. The predicted octanol–water partition coefficient (Wildman–Crippen LogP) is 4.88. The van der Waals surface area contributed by atoms with E-state index < -0.39 is 18.9 Å². The summed E-state index contributed by atoms with van der Waals surface area (Å²) in [6, 6.07) is 0. The minimum absolute atomic E-state index is 0.127. The molecule has 2 heterocycles. The number of carbonyl (C=O) groups excluding carboxylic acids is 2. The number of carbonyl (C=O) groups is 2. The summed E-state index contributed by atoms with van der Waals surface area (Å²) < 4.78 is 22.9. The van der Waals surface area contributed by atoms with Gasteiger partial charge in [0.15, 0.2) is 6.29 Å². The minimum Gasteiger partial charge on any atom is -0.436 e. The smallest absolute Gasteiger partial charge is 0.304 e. The summed E-state index contributed by atoms with van der Waals surface area (Å²) in [6.45, 7) is 9.23. The first-order valence-corrected chi connectivity index (χ1v) is 11.2. The Morgan fingerprint density at radius 2 is 1.50 bits per heavy atom. The van der Waals surface area contributed by atoms with Gasteiger partial charge < -0.3 is 18.9 Å². The molecule has 0 amide bonds. The lowest BCUT2D eigenvalue weighted by Gasteiger charge is -2.41. The second-order valence-corrected chi connectivity index (χ2v) is 9.19. The molecular formula is C24H36O6. The normalized spacial score (nSPS) is 35.0. The molecular weight excluding hydrogens is 384 g/mol. The van der Waals surface area contributed by atoms with Gasteiger partial charge in [-0.15, -0.1) is 0 Å². The van der Waals surface area contributed by atoms with Crippen LogP contribution in [0.3, 0.4) is 0 Å². The number of allylic oxidation sites excluding steroid dienone is 4. The van der Waals surface area contributed by atoms with Crippen molar-refractivity contribution in [2.24, 2.45) is 23.7 Å². The highest BCUT2D eigenvalue weighted by atomic mass is 16.8. The van der Waals surface area contributed by atoms with Gasteiger partial charge in [-0.1, -0.05) is 23.3 Å². The highest BCUT2D eigenvalue weighted by Crippen LogP contribution is 2.56. The average Bonchev–Trinajstić information content (AvgIpc) is 3.20. The lowest BCUT2D eigenvalue weighted by Crippen LogP contribution is -2.47. The Bertz CT molecular complexity index is 692. The molecule has 0 aromatic rings. The van der Waals surface area contributed by atoms with Gasteiger partial charge in [0.1, 0.15) is 0 Å². The minimum atomic E-state index is -0.608. The molecule has 1 unspecified atom stereocenters. The molecule has 7 atom stereocenters. The molecule has 2 aliphatic heterocycles. The maximum absolute atomic E-state index is 11.7. The molecule has 3 fully saturated rings. The van der Waals surface area contributed by atoms with Crippen molar-refractivity contribution >= 4 is 11.9 Å². The fourth-order valence-electron chi connectivity index (χ4n) is 5.31. The summed E-state index contributed by atoms with van der Waals surface area (Å²) in [5.41, 5.74) is 2.73. The Hall–Kier alpha value is -1.66. The van der Waals surface area contributed by atoms with Crippen molar-refractivity contribution in [3.63, 3.8) is 0 Å². The maximum Gasteiger partial charge on any atom is 0.304 e. The first-order chi connectivity index (χ1) is 14.3. The zero-order valence-corrected chi connectivity index (χ0v) is 18.9. The second kappa shape index (κ2) is 10.1. The van der Waals surface area contributed by atoms with E-state index >= 15 is 0 Å². The molecule has 168 valence electrons. The zero-order valence-electron chi connectivity index (χ0n) is 18.9. The van der Waals surface area contributed by atoms with Crippen molar-refractivity contribution in [3.8, 4) is 0 Å². The van der Waals surface area contributed by atoms with Crippen molar-refractivity contribution in [1.29, 1.82) is 0 Å². The van der Waals surface area contributed by atoms with Crippen LogP contribution in [0.2, 0.25) is 0 Å². The maximum atomic E-state index is 11.7. The number of hydrogen-bond donors (Lipinski definition) is 0. The van der Waals surface area contributed by atoms with E-state index in [0.717, 1.165) is 38.5 Å². The van der Waals surface area contributed by atoms with E-state index in [9.17, 15) is 9.59 Å². The van der Waals surface area contributed by atoms with Gasteiger partial charge >= 0.3 is 11.9 Å². The number of rotatable bonds is 8. The fourth-order valence-corrected chi connectivity index (χ4v) is 5.31. The Labute approximate surface area is 180 Å². The highest BCUT2D eigenvalue weighted by molar-refractivity contribution is 5.66. The van der Waals surface area contributed by atoms with Crippen LogP contribution in [0.5, 0.6) is 0 Å². The summed E-state index contributed by atoms with van der Waals surface area (Å²) >= 11 is 0. The molecule has 6 nitrogen and oxygen atoms in total. The van der Waals surface area contributed by atoms with Crippen molar-refractivity contribution in [3.05, 3.63) is 23.3 Å². The van der Waals surface area contributed by atoms with Crippen LogP contribution >= 0.6 is 0 Å². The molecule has 3 aliphatic rings. The number of esters is 2. The molecule has 0 aromatic carbocycles. The van der Waals surface area contributed by atoms with E-state index in [2.05, 4.69) is 32.9 Å². The van der Waals surface area contributed by atoms with E-state index in [-0.39, 0.29) is 29.7 Å². The SMILES string of the molecule is CC(=O)O[C@H]1OC2O[C@@H](OC(C)=O)[C@H](CC/C=C(\C)CCC=C(C)C)[C@@H]3CC[C@H]1[C@H]23. The van der Waals surface area contributed by atoms with Crippen LogP contribution in [-0.4, -0.2) is 30.8 Å². The Morgan fingerprint density at radius 3 is 2.17 bits per heavy atom. The number of ether oxygens (including phenoxy) is 4. The highest BCUT2D eigenvalue weighted by Gasteiger charge is 2.60. The van der Waals surface area contributed by atoms with Gasteiger partial charge in [-0.25, -0.2) is 0 Å². The fraction of sp³-hybridized carbons (Fsp3) is 0.750. The monoisotopic (exact) mass is 420 g/mol. The topological polar surface area (TPSA) is 71.1 Å². The summed E-state index contributed by atoms with van der Waals surface area (Å²) in [4.78, 5) is 23.1. The van der Waals surface area contributed by atoms with Crippen LogP contribution in [0, 0.1) is 23.7 Å². The van der Waals surface area contributed by atoms with Crippen LogP contribution in [0.1, 0.15) is 73.1 Å². The van der Waals surface area contributed by atoms with Crippen LogP contribution in [0.15, 0.2) is 23.3 Å². The van der Waals surface area contributed by atoms with Crippen LogP contribution in [0.4, 0.5) is 0 Å². The van der Waals surface area contributed by atoms with Crippen LogP contribution in [-0.2, 0) is 28.5 Å². The molecule has 0 radical (unpaired) electrons. The molecule has 0 N–H and O–H groups in total. The molecule has 6 heteroatoms. The Balaban J connectivity index is 1.66. The van der Waals surface area contributed by atoms with Gasteiger partial charge in [0.25, 0.3) is 0 Å². The van der Waals surface area contributed by atoms with Gasteiger partial charge in [-0.2, -0.15) is 0 Å². The van der Waals surface area contributed by atoms with E-state index in [4.69, 9.17) is 18.9 Å². The summed E-state index contributed by atoms with van der Waals surface area (Å²) in [5.74, 6) is 0.129. The van der Waals surface area contributed by atoms with Crippen LogP contribution in [0.25, 0.3) is 0 Å². The van der Waals surface area contributed by atoms with E-state index in [1.165, 1.54) is 25.0 Å². The first-order valence-electron chi connectivity index (χ1n) is 11.2. The van der Waals surface area contributed by atoms with E-state index in [0.29, 0.717) is 5.92 Å². The van der Waals surface area contributed by atoms with Crippen molar-refractivity contribution < 1.29 is 28.5 Å². The van der Waals surface area contributed by atoms with Gasteiger partial charge in [0, 0.05) is 31.6 Å². The lowest BCUT2D eigenvalue weighted by atomic mass is 9.76. The zero-order chi connectivity index (χ0) is 21.8. The molecule has 30 heavy (non-hydrogen) atoms. The molecule has 2 saturated heterocycles. The summed E-state index contributed by atoms with van der Waals surface area (Å²) in [7, 11) is 0. The van der Waals surface area contributed by atoms with Gasteiger partial charge in [0.05, 0.1) is 0 Å². The van der Waals surface area contributed by atoms with Crippen molar-refractivity contribution in [2.45, 2.75) is 92.0 Å². The van der Waals surface area contributed by atoms with Crippen LogP contribution < -0.4 is 0 Å². The molecule has 0 spiro atoms. The van der Waals surface area contributed by atoms with Gasteiger partial charge in [0.2, 0.25) is 12.6 Å². The lowest BCUT2D eigenvalue weighted by molar-refractivity contribution is -0.306. The third kappa shape index (κ3) is 5.52. The third-order valence-corrected chi connectivity index (χ3v) is 6.57. The molecule has 1 aliphatic carbocycles. The third-order valence-electron chi connectivity index (χ3n) is 6.57. The van der Waals surface area contributed by atoms with Gasteiger partial charge in [-0.05, 0) is 65.2 Å². The first kappa shape index (κ1) is 23.0. The number of hydrogen-bond acceptors (Lipinski definition) is 6. The largest absolute Gasteiger partial charge is 0.436 e. The van der Waals surface area contributed by atoms with E-state index in [1.54, 1.807) is 0 Å². The molecule has 3 rings (SSSR count). The second-order valence-electron chi connectivity index (χ2n) is 9.19. The average molecular weight is 421 g/mol. The standard InChI is InChI=1S/C24H36O6/c1-14(2)8-6-9-15(3)10-7-11-19-18-12-13-20-21(18)24(29-22(19)27-16(4)25)30-23(20)28-17(5)26/h8,10,18-24H,6-7,9,11-13H2,1-5H3/b15-10+/t18-,19+,20-,21+,22+,23-,24?/m0/s1. The van der Waals surface area contributed by atoms with E-state index in [1.807, 2.05) is 0 Å². The predicted molar refractivity (Wildman–Crippen MR) is 112 cm³/mol. The quantitative estimate of drug-likeness (QED) is 0.412. The molecule has 0 bridgehead atoms. The molecule has 1 saturated carbocycles. The summed E-state index contributed by atoms with van der Waals surface area (Å²) in [5, 5.41) is 0.